The Kier molecular flexibility index (Phi) is 10.4. The molecular formula is C50H62F4N6O4. The number of fused-ring (bicyclic) bond motifs is 3. The summed E-state index contributed by atoms with van der Waals surface area (Å²) < 4.78 is 56.1. The number of alkyl halides is 4. The first-order valence-electron chi connectivity index (χ1n) is 23.1. The van der Waals surface area contributed by atoms with Crippen molar-refractivity contribution in [1.82, 2.24) is 30.6 Å². The van der Waals surface area contributed by atoms with Crippen LogP contribution in [0.1, 0.15) is 154 Å². The third-order valence-electron chi connectivity index (χ3n) is 15.5. The number of hydrogen-bond acceptors (Lipinski definition) is 6. The molecule has 5 aliphatic carbocycles. The van der Waals surface area contributed by atoms with Crippen LogP contribution in [0.15, 0.2) is 48.7 Å². The van der Waals surface area contributed by atoms with Crippen molar-refractivity contribution >= 4 is 11.8 Å². The van der Waals surface area contributed by atoms with E-state index in [0.717, 1.165) is 40.1 Å². The van der Waals surface area contributed by atoms with Gasteiger partial charge in [-0.3, -0.25) is 9.59 Å². The SMILES string of the molecule is CC(C)(C)[C@H](NC(=O)C1(C2(O)CCC(F)(F)CC2)CC1)c1nc(-c2ccc(-c3ccc4c(c3)CCc3nc([C@@H](NC(=O)C5(C6(O)CCC(F)(F)CC6)CC5)C(C)(C)C)[nH]c3-4)cc2)c[nH]1. The number of aliphatic hydroxyl groups is 2. The minimum Gasteiger partial charge on any atom is -0.389 e. The van der Waals surface area contributed by atoms with Crippen molar-refractivity contribution in [2.75, 3.05) is 0 Å². The number of benzene rings is 2. The Hall–Kier alpha value is -4.56. The normalized spacial score (nSPS) is 23.2. The lowest BCUT2D eigenvalue weighted by Gasteiger charge is -2.42. The van der Waals surface area contributed by atoms with E-state index in [1.807, 2.05) is 59.9 Å². The van der Waals surface area contributed by atoms with Gasteiger partial charge in [-0.25, -0.2) is 27.5 Å². The maximum absolute atomic E-state index is 14.1. The molecule has 0 bridgehead atoms. The van der Waals surface area contributed by atoms with E-state index >= 15 is 0 Å². The van der Waals surface area contributed by atoms with Gasteiger partial charge < -0.3 is 30.8 Å². The van der Waals surface area contributed by atoms with E-state index < -0.39 is 82.5 Å². The van der Waals surface area contributed by atoms with Crippen LogP contribution in [0, 0.1) is 21.7 Å². The lowest BCUT2D eigenvalue weighted by Crippen LogP contribution is -2.53. The van der Waals surface area contributed by atoms with Gasteiger partial charge in [0.25, 0.3) is 0 Å². The number of carbonyl (C=O) groups excluding carboxylic acids is 2. The van der Waals surface area contributed by atoms with Gasteiger partial charge in [-0.05, 0) is 91.7 Å². The van der Waals surface area contributed by atoms with Crippen molar-refractivity contribution in [1.29, 1.82) is 0 Å². The second-order valence-corrected chi connectivity index (χ2v) is 22.0. The number of halogens is 4. The summed E-state index contributed by atoms with van der Waals surface area (Å²) in [6.07, 6.45) is 3.12. The van der Waals surface area contributed by atoms with Crippen molar-refractivity contribution < 1.29 is 37.4 Å². The maximum atomic E-state index is 14.1. The summed E-state index contributed by atoms with van der Waals surface area (Å²) in [5.41, 5.74) is 1.79. The number of carbonyl (C=O) groups is 2. The molecule has 5 aliphatic rings. The molecule has 4 fully saturated rings. The van der Waals surface area contributed by atoms with Gasteiger partial charge in [-0.2, -0.15) is 0 Å². The number of rotatable bonds is 10. The van der Waals surface area contributed by atoms with Gasteiger partial charge in [-0.15, -0.1) is 0 Å². The molecule has 4 aromatic rings. The summed E-state index contributed by atoms with van der Waals surface area (Å²) in [5, 5.41) is 29.4. The van der Waals surface area contributed by atoms with Gasteiger partial charge in [0.15, 0.2) is 0 Å². The third kappa shape index (κ3) is 7.87. The molecule has 2 amide bonds. The predicted octanol–water partition coefficient (Wildman–Crippen LogP) is 10.1. The van der Waals surface area contributed by atoms with Crippen LogP contribution in [-0.4, -0.2) is 65.0 Å². The topological polar surface area (TPSA) is 156 Å². The molecule has 64 heavy (non-hydrogen) atoms. The zero-order valence-electron chi connectivity index (χ0n) is 37.8. The van der Waals surface area contributed by atoms with E-state index in [9.17, 15) is 37.4 Å². The molecule has 0 spiro atoms. The standard InChI is InChI=1S/C50H62F4N6O4/c1-43(2,3)37(59-41(61)45(15-16-45)47(63)19-23-49(51,52)24-20-47)39-55-28-35(57-39)30-9-7-29(8-10-30)31-11-13-33-32(27-31)12-14-34-36(33)58-40(56-34)38(44(4,5)6)60-42(62)46(17-18-46)48(64)21-25-50(53,54)26-22-48/h7-11,13,27-28,37-38,63-64H,12,14-26H2,1-6H3,(H,55,57)(H,56,58)(H,59,61)(H,60,62)/t37-,38-/m1/s1. The largest absolute Gasteiger partial charge is 0.389 e. The van der Waals surface area contributed by atoms with Crippen LogP contribution in [0.2, 0.25) is 0 Å². The van der Waals surface area contributed by atoms with E-state index in [1.54, 1.807) is 0 Å². The minimum atomic E-state index is -2.81. The zero-order valence-corrected chi connectivity index (χ0v) is 37.8. The van der Waals surface area contributed by atoms with E-state index in [-0.39, 0.29) is 37.5 Å². The second-order valence-electron chi connectivity index (χ2n) is 22.0. The highest BCUT2D eigenvalue weighted by atomic mass is 19.3. The molecule has 2 aromatic carbocycles. The van der Waals surface area contributed by atoms with Crippen LogP contribution < -0.4 is 10.6 Å². The summed E-state index contributed by atoms with van der Waals surface area (Å²) in [4.78, 5) is 44.7. The first-order valence-corrected chi connectivity index (χ1v) is 23.1. The zero-order chi connectivity index (χ0) is 45.9. The Balaban J connectivity index is 0.892. The fourth-order valence-electron chi connectivity index (χ4n) is 10.9. The number of aryl methyl sites for hydroxylation is 2. The van der Waals surface area contributed by atoms with Crippen LogP contribution in [0.4, 0.5) is 17.6 Å². The van der Waals surface area contributed by atoms with Crippen molar-refractivity contribution in [2.24, 2.45) is 21.7 Å². The van der Waals surface area contributed by atoms with Crippen LogP contribution in [0.3, 0.4) is 0 Å². The van der Waals surface area contributed by atoms with Crippen LogP contribution in [0.25, 0.3) is 33.6 Å². The molecule has 2 atom stereocenters. The summed E-state index contributed by atoms with van der Waals surface area (Å²) in [5.74, 6) is -5.03. The lowest BCUT2D eigenvalue weighted by molar-refractivity contribution is -0.157. The molecule has 0 unspecified atom stereocenters. The molecule has 0 radical (unpaired) electrons. The molecular weight excluding hydrogens is 825 g/mol. The van der Waals surface area contributed by atoms with Gasteiger partial charge >= 0.3 is 0 Å². The minimum absolute atomic E-state index is 0.0938. The molecule has 344 valence electrons. The fourth-order valence-corrected chi connectivity index (χ4v) is 10.9. The van der Waals surface area contributed by atoms with Gasteiger partial charge in [0.1, 0.15) is 11.6 Å². The summed E-state index contributed by atoms with van der Waals surface area (Å²) >= 11 is 0. The monoisotopic (exact) mass is 886 g/mol. The van der Waals surface area contributed by atoms with Gasteiger partial charge in [0, 0.05) is 43.0 Å². The second kappa shape index (κ2) is 15.0. The van der Waals surface area contributed by atoms with Crippen molar-refractivity contribution in [3.63, 3.8) is 0 Å². The van der Waals surface area contributed by atoms with Crippen molar-refractivity contribution in [2.45, 2.75) is 167 Å². The Morgan fingerprint density at radius 1 is 0.625 bits per heavy atom. The number of nitrogens with zero attached hydrogens (tertiary/aromatic N) is 2. The van der Waals surface area contributed by atoms with E-state index in [0.29, 0.717) is 49.4 Å². The van der Waals surface area contributed by atoms with Crippen molar-refractivity contribution in [3.05, 3.63) is 71.6 Å². The van der Waals surface area contributed by atoms with Gasteiger partial charge in [-0.1, -0.05) is 84.0 Å². The number of aromatic amines is 2. The quantitative estimate of drug-likeness (QED) is 0.0871. The smallest absolute Gasteiger partial charge is 0.248 e. The van der Waals surface area contributed by atoms with Crippen LogP contribution in [0.5, 0.6) is 0 Å². The third-order valence-corrected chi connectivity index (χ3v) is 15.5. The lowest BCUT2D eigenvalue weighted by atomic mass is 9.71. The summed E-state index contributed by atoms with van der Waals surface area (Å²) in [7, 11) is 0. The molecule has 0 aliphatic heterocycles. The molecule has 2 aromatic heterocycles. The predicted molar refractivity (Wildman–Crippen MR) is 235 cm³/mol. The molecule has 6 N–H and O–H groups in total. The maximum Gasteiger partial charge on any atom is 0.248 e. The average Bonchev–Trinajstić information content (AvgIpc) is 4.14. The Morgan fingerprint density at radius 2 is 1.09 bits per heavy atom. The molecule has 10 nitrogen and oxygen atoms in total. The summed E-state index contributed by atoms with van der Waals surface area (Å²) in [6.45, 7) is 12.1. The Morgan fingerprint density at radius 3 is 1.58 bits per heavy atom. The first-order chi connectivity index (χ1) is 29.9. The van der Waals surface area contributed by atoms with Crippen LogP contribution >= 0.6 is 0 Å². The van der Waals surface area contributed by atoms with E-state index in [1.165, 1.54) is 5.56 Å². The number of H-pyrrole nitrogens is 2. The van der Waals surface area contributed by atoms with Crippen molar-refractivity contribution in [3.8, 4) is 33.6 Å². The fraction of sp³-hybridized carbons (Fsp3) is 0.600. The Bertz CT molecular complexity index is 2430. The molecule has 14 heteroatoms. The first kappa shape index (κ1) is 44.6. The van der Waals surface area contributed by atoms with Gasteiger partial charge in [0.2, 0.25) is 23.7 Å². The highest BCUT2D eigenvalue weighted by Crippen LogP contribution is 2.62. The van der Waals surface area contributed by atoms with Crippen LogP contribution in [-0.2, 0) is 22.4 Å². The highest BCUT2D eigenvalue weighted by molar-refractivity contribution is 5.88. The number of imidazole rings is 2. The molecule has 2 heterocycles. The molecule has 4 saturated carbocycles. The average molecular weight is 887 g/mol. The number of hydrogen-bond donors (Lipinski definition) is 6. The summed E-state index contributed by atoms with van der Waals surface area (Å²) in [6, 6.07) is 13.5. The number of nitrogens with one attached hydrogen (secondary N) is 4. The number of aromatic nitrogens is 4. The highest BCUT2D eigenvalue weighted by Gasteiger charge is 2.67. The molecule has 9 rings (SSSR count). The Labute approximate surface area is 372 Å². The number of amides is 2. The van der Waals surface area contributed by atoms with E-state index in [4.69, 9.17) is 9.97 Å². The molecule has 0 saturated heterocycles. The van der Waals surface area contributed by atoms with Gasteiger partial charge in [0.05, 0.1) is 51.2 Å². The van der Waals surface area contributed by atoms with E-state index in [2.05, 4.69) is 50.9 Å².